The third kappa shape index (κ3) is 2.47. The number of rotatable bonds is 2. The van der Waals surface area contributed by atoms with Gasteiger partial charge in [-0.25, -0.2) is 17.2 Å². The summed E-state index contributed by atoms with van der Waals surface area (Å²) in [5.41, 5.74) is 0. The van der Waals surface area contributed by atoms with E-state index in [0.29, 0.717) is 0 Å². The summed E-state index contributed by atoms with van der Waals surface area (Å²) < 4.78 is 53.3. The number of sulfonamides is 1. The van der Waals surface area contributed by atoms with Gasteiger partial charge in [0, 0.05) is 13.1 Å². The van der Waals surface area contributed by atoms with Crippen LogP contribution in [-0.2, 0) is 10.0 Å². The smallest absolute Gasteiger partial charge is 0.246 e. The molecule has 1 aliphatic heterocycles. The minimum absolute atomic E-state index is 0.121. The van der Waals surface area contributed by atoms with E-state index in [0.717, 1.165) is 31.4 Å². The van der Waals surface area contributed by atoms with Crippen LogP contribution in [0.15, 0.2) is 23.1 Å². The van der Waals surface area contributed by atoms with Crippen LogP contribution < -0.4 is 0 Å². The van der Waals surface area contributed by atoms with Gasteiger partial charge in [0.05, 0.1) is 6.10 Å². The van der Waals surface area contributed by atoms with Crippen molar-refractivity contribution in [2.24, 2.45) is 11.8 Å². The quantitative estimate of drug-likeness (QED) is 0.904. The van der Waals surface area contributed by atoms with Gasteiger partial charge in [0.25, 0.3) is 0 Å². The Morgan fingerprint density at radius 3 is 2.38 bits per heavy atom. The highest BCUT2D eigenvalue weighted by Crippen LogP contribution is 2.37. The van der Waals surface area contributed by atoms with Crippen LogP contribution in [0.5, 0.6) is 0 Å². The molecule has 2 fully saturated rings. The molecule has 4 nitrogen and oxygen atoms in total. The highest BCUT2D eigenvalue weighted by Gasteiger charge is 2.43. The molecule has 7 heteroatoms. The monoisotopic (exact) mass is 317 g/mol. The van der Waals surface area contributed by atoms with E-state index in [1.807, 2.05) is 0 Å². The number of benzene rings is 1. The molecule has 0 unspecified atom stereocenters. The Kier molecular flexibility index (Phi) is 3.75. The molecule has 0 amide bonds. The number of hydrogen-bond donors (Lipinski definition) is 1. The summed E-state index contributed by atoms with van der Waals surface area (Å²) in [5.74, 6) is -2.75. The average molecular weight is 317 g/mol. The van der Waals surface area contributed by atoms with E-state index in [1.165, 1.54) is 10.4 Å². The molecule has 1 N–H and O–H groups in total. The Hall–Kier alpha value is -1.05. The molecular weight excluding hydrogens is 300 g/mol. The second-order valence-corrected chi connectivity index (χ2v) is 7.72. The lowest BCUT2D eigenvalue weighted by Crippen LogP contribution is -2.53. The normalized spacial score (nSPS) is 30.3. The summed E-state index contributed by atoms with van der Waals surface area (Å²) in [6.07, 6.45) is 1.99. The summed E-state index contributed by atoms with van der Waals surface area (Å²) in [7, 11) is -4.07. The molecule has 1 saturated carbocycles. The summed E-state index contributed by atoms with van der Waals surface area (Å²) in [4.78, 5) is -0.628. The zero-order chi connectivity index (χ0) is 15.2. The Morgan fingerprint density at radius 1 is 1.14 bits per heavy atom. The van der Waals surface area contributed by atoms with Crippen LogP contribution >= 0.6 is 0 Å². The Labute approximate surface area is 122 Å². The van der Waals surface area contributed by atoms with Crippen molar-refractivity contribution < 1.29 is 22.3 Å². The van der Waals surface area contributed by atoms with Crippen LogP contribution in [-0.4, -0.2) is 37.0 Å². The van der Waals surface area contributed by atoms with Gasteiger partial charge < -0.3 is 5.11 Å². The van der Waals surface area contributed by atoms with Crippen molar-refractivity contribution in [3.05, 3.63) is 29.8 Å². The number of hydrogen-bond acceptors (Lipinski definition) is 3. The molecule has 1 saturated heterocycles. The van der Waals surface area contributed by atoms with Gasteiger partial charge in [0.1, 0.15) is 4.90 Å². The second kappa shape index (κ2) is 5.30. The van der Waals surface area contributed by atoms with Crippen LogP contribution in [0.2, 0.25) is 0 Å². The molecule has 2 aliphatic rings. The first-order chi connectivity index (χ1) is 9.91. The van der Waals surface area contributed by atoms with Crippen molar-refractivity contribution in [3.8, 4) is 0 Å². The molecule has 1 aromatic carbocycles. The fraction of sp³-hybridized carbons (Fsp3) is 0.571. The highest BCUT2D eigenvalue weighted by atomic mass is 32.2. The highest BCUT2D eigenvalue weighted by molar-refractivity contribution is 7.89. The standard InChI is InChI=1S/C14H17F2NO3S/c15-11-5-2-6-12(13(11)16)21(19,20)17-7-9-3-1-4-10(8-17)14(9)18/h2,5-6,9-10,14,18H,1,3-4,7-8H2/t9-,10-/m1/s1. The van der Waals surface area contributed by atoms with E-state index in [1.54, 1.807) is 0 Å². The summed E-state index contributed by atoms with van der Waals surface area (Å²) in [6, 6.07) is 3.16. The minimum atomic E-state index is -4.07. The Balaban J connectivity index is 1.94. The van der Waals surface area contributed by atoms with Gasteiger partial charge in [-0.3, -0.25) is 0 Å². The minimum Gasteiger partial charge on any atom is -0.392 e. The topological polar surface area (TPSA) is 57.6 Å². The van der Waals surface area contributed by atoms with Gasteiger partial charge in [-0.05, 0) is 36.8 Å². The Morgan fingerprint density at radius 2 is 1.76 bits per heavy atom. The lowest BCUT2D eigenvalue weighted by Gasteiger charge is -2.44. The van der Waals surface area contributed by atoms with E-state index in [9.17, 15) is 22.3 Å². The largest absolute Gasteiger partial charge is 0.392 e. The molecular formula is C14H17F2NO3S. The number of aliphatic hydroxyl groups is 1. The van der Waals surface area contributed by atoms with E-state index in [4.69, 9.17) is 0 Å². The maximum atomic E-state index is 13.8. The SMILES string of the molecule is O=S(=O)(c1cccc(F)c1F)N1C[C@H]2CCC[C@H](C1)C2O. The van der Waals surface area contributed by atoms with Gasteiger partial charge in [-0.15, -0.1) is 0 Å². The van der Waals surface area contributed by atoms with Gasteiger partial charge in [0.2, 0.25) is 10.0 Å². The molecule has 3 rings (SSSR count). The van der Waals surface area contributed by atoms with Gasteiger partial charge in [-0.2, -0.15) is 4.31 Å². The zero-order valence-corrected chi connectivity index (χ0v) is 12.2. The molecule has 1 heterocycles. The first-order valence-electron chi connectivity index (χ1n) is 7.03. The number of halogens is 2. The number of aliphatic hydroxyl groups excluding tert-OH is 1. The van der Waals surface area contributed by atoms with E-state index < -0.39 is 32.7 Å². The third-order valence-corrected chi connectivity index (χ3v) is 6.38. The lowest BCUT2D eigenvalue weighted by atomic mass is 9.76. The third-order valence-electron chi connectivity index (χ3n) is 4.53. The zero-order valence-electron chi connectivity index (χ0n) is 11.4. The molecule has 2 bridgehead atoms. The van der Waals surface area contributed by atoms with Crippen LogP contribution in [0.3, 0.4) is 0 Å². The van der Waals surface area contributed by atoms with Gasteiger partial charge in [0.15, 0.2) is 11.6 Å². The van der Waals surface area contributed by atoms with Crippen molar-refractivity contribution in [1.29, 1.82) is 0 Å². The van der Waals surface area contributed by atoms with E-state index >= 15 is 0 Å². The van der Waals surface area contributed by atoms with Crippen molar-refractivity contribution in [1.82, 2.24) is 4.31 Å². The van der Waals surface area contributed by atoms with Crippen molar-refractivity contribution in [2.45, 2.75) is 30.3 Å². The molecule has 0 radical (unpaired) electrons. The number of nitrogens with zero attached hydrogens (tertiary/aromatic N) is 1. The van der Waals surface area contributed by atoms with Crippen molar-refractivity contribution >= 4 is 10.0 Å². The van der Waals surface area contributed by atoms with E-state index in [-0.39, 0.29) is 24.9 Å². The molecule has 1 aliphatic carbocycles. The number of fused-ring (bicyclic) bond motifs is 2. The summed E-state index contributed by atoms with van der Waals surface area (Å²) in [5, 5.41) is 10.1. The molecule has 21 heavy (non-hydrogen) atoms. The summed E-state index contributed by atoms with van der Waals surface area (Å²) in [6.45, 7) is 0.325. The first-order valence-corrected chi connectivity index (χ1v) is 8.47. The van der Waals surface area contributed by atoms with E-state index in [2.05, 4.69) is 0 Å². The molecule has 1 aromatic rings. The second-order valence-electron chi connectivity index (χ2n) is 5.82. The van der Waals surface area contributed by atoms with Crippen LogP contribution in [0, 0.1) is 23.5 Å². The summed E-state index contributed by atoms with van der Waals surface area (Å²) >= 11 is 0. The Bertz CT molecular complexity index is 636. The number of piperidine rings is 1. The molecule has 0 spiro atoms. The van der Waals surface area contributed by atoms with Gasteiger partial charge >= 0.3 is 0 Å². The first kappa shape index (κ1) is 14.9. The maximum absolute atomic E-state index is 13.8. The molecule has 116 valence electrons. The predicted octanol–water partition coefficient (Wildman–Crippen LogP) is 1.75. The van der Waals surface area contributed by atoms with Crippen LogP contribution in [0.1, 0.15) is 19.3 Å². The van der Waals surface area contributed by atoms with Crippen LogP contribution in [0.4, 0.5) is 8.78 Å². The van der Waals surface area contributed by atoms with Crippen molar-refractivity contribution in [2.75, 3.05) is 13.1 Å². The van der Waals surface area contributed by atoms with Crippen molar-refractivity contribution in [3.63, 3.8) is 0 Å². The predicted molar refractivity (Wildman–Crippen MR) is 72.0 cm³/mol. The van der Waals surface area contributed by atoms with Gasteiger partial charge in [-0.1, -0.05) is 12.5 Å². The lowest BCUT2D eigenvalue weighted by molar-refractivity contribution is -0.0270. The fourth-order valence-electron chi connectivity index (χ4n) is 3.38. The fourth-order valence-corrected chi connectivity index (χ4v) is 5.01. The molecule has 2 atom stereocenters. The maximum Gasteiger partial charge on any atom is 0.246 e. The van der Waals surface area contributed by atoms with Crippen LogP contribution in [0.25, 0.3) is 0 Å². The molecule has 0 aromatic heterocycles. The average Bonchev–Trinajstić information content (AvgIpc) is 2.41.